The van der Waals surface area contributed by atoms with Gasteiger partial charge in [0, 0.05) is 32.2 Å². The molecule has 1 saturated heterocycles. The Labute approximate surface area is 132 Å². The number of methoxy groups -OCH3 is 1. The number of hydrogen-bond acceptors (Lipinski definition) is 3. The number of fused-ring (bicyclic) bond motifs is 1. The van der Waals surface area contributed by atoms with Gasteiger partial charge in [0.2, 0.25) is 0 Å². The number of piperazine rings is 1. The lowest BCUT2D eigenvalue weighted by Gasteiger charge is -2.31. The van der Waals surface area contributed by atoms with Gasteiger partial charge >= 0.3 is 0 Å². The molecular formula is C17H23ClN2O. The first kappa shape index (κ1) is 16.1. The molecular weight excluding hydrogens is 284 g/mol. The molecule has 21 heavy (non-hydrogen) atoms. The van der Waals surface area contributed by atoms with Gasteiger partial charge in [0.15, 0.2) is 0 Å². The van der Waals surface area contributed by atoms with Crippen molar-refractivity contribution in [2.45, 2.75) is 19.5 Å². The zero-order chi connectivity index (χ0) is 13.9. The monoisotopic (exact) mass is 306 g/mol. The Bertz CT molecular complexity index is 602. The number of nitrogens with zero attached hydrogens (tertiary/aromatic N) is 1. The van der Waals surface area contributed by atoms with Crippen LogP contribution in [0.15, 0.2) is 36.4 Å². The Morgan fingerprint density at radius 1 is 1.19 bits per heavy atom. The van der Waals surface area contributed by atoms with Crippen LogP contribution in [0, 0.1) is 0 Å². The molecule has 1 atom stereocenters. The van der Waals surface area contributed by atoms with Gasteiger partial charge in [-0.2, -0.15) is 0 Å². The Kier molecular flexibility index (Phi) is 5.45. The molecule has 4 heteroatoms. The van der Waals surface area contributed by atoms with Crippen molar-refractivity contribution in [3.63, 3.8) is 0 Å². The van der Waals surface area contributed by atoms with E-state index in [9.17, 15) is 0 Å². The normalized spacial score (nSPS) is 19.2. The van der Waals surface area contributed by atoms with Gasteiger partial charge in [-0.25, -0.2) is 0 Å². The van der Waals surface area contributed by atoms with Gasteiger partial charge in [-0.1, -0.05) is 18.2 Å². The average Bonchev–Trinajstić information content (AvgIpc) is 2.47. The van der Waals surface area contributed by atoms with Crippen LogP contribution in [0.5, 0.6) is 5.75 Å². The Balaban J connectivity index is 0.00000161. The fourth-order valence-electron chi connectivity index (χ4n) is 2.91. The summed E-state index contributed by atoms with van der Waals surface area (Å²) < 4.78 is 5.27. The molecule has 0 aromatic heterocycles. The molecule has 0 spiro atoms. The van der Waals surface area contributed by atoms with Gasteiger partial charge in [-0.05, 0) is 41.5 Å². The molecule has 114 valence electrons. The average molecular weight is 307 g/mol. The summed E-state index contributed by atoms with van der Waals surface area (Å²) in [6.07, 6.45) is 0. The number of halogens is 1. The van der Waals surface area contributed by atoms with E-state index >= 15 is 0 Å². The third-order valence-electron chi connectivity index (χ3n) is 3.97. The van der Waals surface area contributed by atoms with Crippen LogP contribution in [0.3, 0.4) is 0 Å². The number of hydrogen-bond donors (Lipinski definition) is 1. The second kappa shape index (κ2) is 7.12. The highest BCUT2D eigenvalue weighted by Crippen LogP contribution is 2.22. The Morgan fingerprint density at radius 2 is 1.95 bits per heavy atom. The predicted octanol–water partition coefficient (Wildman–Crippen LogP) is 3.06. The summed E-state index contributed by atoms with van der Waals surface area (Å²) >= 11 is 0. The van der Waals surface area contributed by atoms with E-state index in [1.165, 1.54) is 16.3 Å². The van der Waals surface area contributed by atoms with Crippen LogP contribution < -0.4 is 10.1 Å². The van der Waals surface area contributed by atoms with Crippen molar-refractivity contribution >= 4 is 23.2 Å². The van der Waals surface area contributed by atoms with Crippen molar-refractivity contribution in [1.82, 2.24) is 10.2 Å². The smallest absolute Gasteiger partial charge is 0.119 e. The molecule has 1 aliphatic heterocycles. The molecule has 0 unspecified atom stereocenters. The lowest BCUT2D eigenvalue weighted by Crippen LogP contribution is -2.48. The molecule has 3 rings (SSSR count). The third-order valence-corrected chi connectivity index (χ3v) is 3.97. The molecule has 0 saturated carbocycles. The van der Waals surface area contributed by atoms with E-state index in [1.807, 2.05) is 6.07 Å². The maximum atomic E-state index is 5.27. The van der Waals surface area contributed by atoms with Gasteiger partial charge in [0.05, 0.1) is 7.11 Å². The van der Waals surface area contributed by atoms with Crippen LogP contribution in [0.1, 0.15) is 12.5 Å². The van der Waals surface area contributed by atoms with E-state index in [0.29, 0.717) is 6.04 Å². The Hall–Kier alpha value is -1.29. The fourth-order valence-corrected chi connectivity index (χ4v) is 2.91. The molecule has 3 nitrogen and oxygen atoms in total. The third kappa shape index (κ3) is 3.88. The van der Waals surface area contributed by atoms with Crippen LogP contribution in [0.25, 0.3) is 10.8 Å². The van der Waals surface area contributed by atoms with Crippen LogP contribution >= 0.6 is 12.4 Å². The number of benzene rings is 2. The highest BCUT2D eigenvalue weighted by molar-refractivity contribution is 5.85. The first-order valence-electron chi connectivity index (χ1n) is 7.27. The predicted molar refractivity (Wildman–Crippen MR) is 90.5 cm³/mol. The van der Waals surface area contributed by atoms with Gasteiger partial charge < -0.3 is 10.1 Å². The van der Waals surface area contributed by atoms with Gasteiger partial charge in [0.25, 0.3) is 0 Å². The highest BCUT2D eigenvalue weighted by atomic mass is 35.5. The maximum absolute atomic E-state index is 5.27. The summed E-state index contributed by atoms with van der Waals surface area (Å²) in [7, 11) is 1.71. The number of nitrogens with one attached hydrogen (secondary N) is 1. The highest BCUT2D eigenvalue weighted by Gasteiger charge is 2.15. The molecule has 1 fully saturated rings. The summed E-state index contributed by atoms with van der Waals surface area (Å²) in [5.41, 5.74) is 1.39. The van der Waals surface area contributed by atoms with Crippen LogP contribution in [0.2, 0.25) is 0 Å². The first-order chi connectivity index (χ1) is 9.74. The summed E-state index contributed by atoms with van der Waals surface area (Å²) in [4.78, 5) is 2.52. The van der Waals surface area contributed by atoms with E-state index < -0.39 is 0 Å². The largest absolute Gasteiger partial charge is 0.497 e. The molecule has 1 N–H and O–H groups in total. The molecule has 0 bridgehead atoms. The minimum atomic E-state index is 0. The van der Waals surface area contributed by atoms with Crippen LogP contribution in [0.4, 0.5) is 0 Å². The van der Waals surface area contributed by atoms with Crippen molar-refractivity contribution in [1.29, 1.82) is 0 Å². The molecule has 1 aliphatic rings. The van der Waals surface area contributed by atoms with Gasteiger partial charge in [-0.15, -0.1) is 12.4 Å². The lowest BCUT2D eigenvalue weighted by atomic mass is 10.1. The molecule has 1 heterocycles. The quantitative estimate of drug-likeness (QED) is 0.943. The van der Waals surface area contributed by atoms with E-state index in [4.69, 9.17) is 4.74 Å². The second-order valence-electron chi connectivity index (χ2n) is 5.64. The maximum Gasteiger partial charge on any atom is 0.119 e. The molecule has 0 radical (unpaired) electrons. The van der Waals surface area contributed by atoms with Gasteiger partial charge in [0.1, 0.15) is 5.75 Å². The van der Waals surface area contributed by atoms with E-state index in [1.54, 1.807) is 7.11 Å². The fraction of sp³-hybridized carbons (Fsp3) is 0.412. The van der Waals surface area contributed by atoms with Crippen LogP contribution in [-0.4, -0.2) is 37.7 Å². The van der Waals surface area contributed by atoms with E-state index in [-0.39, 0.29) is 12.4 Å². The SMILES string of the molecule is COc1ccc2cc(CN3CCN[C@@H](C)C3)ccc2c1.Cl. The van der Waals surface area contributed by atoms with Crippen molar-refractivity contribution in [2.75, 3.05) is 26.7 Å². The first-order valence-corrected chi connectivity index (χ1v) is 7.27. The summed E-state index contributed by atoms with van der Waals surface area (Å²) in [6.45, 7) is 6.63. The zero-order valence-electron chi connectivity index (χ0n) is 12.6. The Morgan fingerprint density at radius 3 is 2.71 bits per heavy atom. The molecule has 2 aromatic rings. The second-order valence-corrected chi connectivity index (χ2v) is 5.64. The number of rotatable bonds is 3. The van der Waals surface area contributed by atoms with Crippen molar-refractivity contribution < 1.29 is 4.74 Å². The summed E-state index contributed by atoms with van der Waals surface area (Å²) in [5.74, 6) is 0.918. The lowest BCUT2D eigenvalue weighted by molar-refractivity contribution is 0.200. The molecule has 0 amide bonds. The number of ether oxygens (including phenoxy) is 1. The molecule has 0 aliphatic carbocycles. The van der Waals surface area contributed by atoms with Crippen molar-refractivity contribution in [3.05, 3.63) is 42.0 Å². The standard InChI is InChI=1S/C17H22N2O.ClH/c1-13-11-19(8-7-18-13)12-14-3-4-16-10-17(20-2)6-5-15(16)9-14;/h3-6,9-10,13,18H,7-8,11-12H2,1-2H3;1H/t13-;/m0./s1. The minimum absolute atomic E-state index is 0. The van der Waals surface area contributed by atoms with Crippen LogP contribution in [-0.2, 0) is 6.54 Å². The van der Waals surface area contributed by atoms with Gasteiger partial charge in [-0.3, -0.25) is 4.90 Å². The topological polar surface area (TPSA) is 24.5 Å². The van der Waals surface area contributed by atoms with E-state index in [0.717, 1.165) is 31.9 Å². The molecule has 2 aromatic carbocycles. The summed E-state index contributed by atoms with van der Waals surface area (Å²) in [5, 5.41) is 6.01. The van der Waals surface area contributed by atoms with Crippen molar-refractivity contribution in [3.8, 4) is 5.75 Å². The summed E-state index contributed by atoms with van der Waals surface area (Å²) in [6, 6.07) is 13.6. The minimum Gasteiger partial charge on any atom is -0.497 e. The van der Waals surface area contributed by atoms with E-state index in [2.05, 4.69) is 47.5 Å². The zero-order valence-corrected chi connectivity index (χ0v) is 13.5. The van der Waals surface area contributed by atoms with Crippen molar-refractivity contribution in [2.24, 2.45) is 0 Å².